The summed E-state index contributed by atoms with van der Waals surface area (Å²) >= 11 is 3.37. The fraction of sp³-hybridized carbons (Fsp3) is 0.533. The fourth-order valence-corrected chi connectivity index (χ4v) is 2.09. The quantitative estimate of drug-likeness (QED) is 0.662. The Labute approximate surface area is 118 Å². The summed E-state index contributed by atoms with van der Waals surface area (Å²) in [5.74, 6) is 0.118. The van der Waals surface area contributed by atoms with Gasteiger partial charge in [0.05, 0.1) is 0 Å². The van der Waals surface area contributed by atoms with Crippen molar-refractivity contribution in [1.29, 1.82) is 0 Å². The van der Waals surface area contributed by atoms with Gasteiger partial charge in [0.1, 0.15) is 0 Å². The van der Waals surface area contributed by atoms with Gasteiger partial charge in [-0.3, -0.25) is 4.79 Å². The summed E-state index contributed by atoms with van der Waals surface area (Å²) in [4.78, 5) is 11.7. The molecule has 0 aliphatic carbocycles. The first-order valence-electron chi connectivity index (χ1n) is 6.78. The van der Waals surface area contributed by atoms with E-state index in [1.54, 1.807) is 0 Å². The van der Waals surface area contributed by atoms with Crippen LogP contribution in [0.3, 0.4) is 0 Å². The Morgan fingerprint density at radius 2 is 1.67 bits per heavy atom. The molecule has 0 saturated heterocycles. The molecule has 0 aliphatic rings. The van der Waals surface area contributed by atoms with Gasteiger partial charge in [0, 0.05) is 16.6 Å². The molecule has 0 aliphatic heterocycles. The molecule has 100 valence electrons. The van der Waals surface area contributed by atoms with Crippen LogP contribution in [0.4, 0.5) is 5.69 Å². The lowest BCUT2D eigenvalue weighted by molar-refractivity contribution is -0.116. The van der Waals surface area contributed by atoms with Crippen molar-refractivity contribution in [3.05, 3.63) is 28.7 Å². The Hall–Kier alpha value is -0.830. The maximum Gasteiger partial charge on any atom is 0.224 e. The zero-order valence-electron chi connectivity index (χ0n) is 11.0. The second-order valence-electron chi connectivity index (χ2n) is 4.57. The van der Waals surface area contributed by atoms with Crippen molar-refractivity contribution in [2.24, 2.45) is 0 Å². The van der Waals surface area contributed by atoms with Crippen LogP contribution >= 0.6 is 15.9 Å². The van der Waals surface area contributed by atoms with Gasteiger partial charge in [-0.2, -0.15) is 0 Å². The molecule has 0 radical (unpaired) electrons. The minimum atomic E-state index is 0.118. The molecule has 0 aromatic heterocycles. The van der Waals surface area contributed by atoms with Gasteiger partial charge < -0.3 is 5.32 Å². The van der Waals surface area contributed by atoms with Crippen LogP contribution in [0.5, 0.6) is 0 Å². The van der Waals surface area contributed by atoms with Gasteiger partial charge in [0.2, 0.25) is 5.91 Å². The second-order valence-corrected chi connectivity index (χ2v) is 5.49. The highest BCUT2D eigenvalue weighted by atomic mass is 79.9. The van der Waals surface area contributed by atoms with Crippen molar-refractivity contribution in [3.63, 3.8) is 0 Å². The van der Waals surface area contributed by atoms with Crippen LogP contribution in [0.1, 0.15) is 51.9 Å². The SMILES string of the molecule is CCCCCCCCC(=O)Nc1ccc(Br)cc1. The second kappa shape index (κ2) is 9.15. The highest BCUT2D eigenvalue weighted by Crippen LogP contribution is 2.14. The van der Waals surface area contributed by atoms with Gasteiger partial charge in [0.25, 0.3) is 0 Å². The molecule has 1 N–H and O–H groups in total. The summed E-state index contributed by atoms with van der Waals surface area (Å²) in [7, 11) is 0. The molecule has 18 heavy (non-hydrogen) atoms. The molecule has 0 atom stereocenters. The first-order chi connectivity index (χ1) is 8.72. The maximum atomic E-state index is 11.7. The molecule has 1 aromatic carbocycles. The average Bonchev–Trinajstić information content (AvgIpc) is 2.36. The number of anilines is 1. The zero-order valence-corrected chi connectivity index (χ0v) is 12.6. The van der Waals surface area contributed by atoms with E-state index in [2.05, 4.69) is 28.2 Å². The normalized spacial score (nSPS) is 10.3. The largest absolute Gasteiger partial charge is 0.326 e. The lowest BCUT2D eigenvalue weighted by atomic mass is 10.1. The summed E-state index contributed by atoms with van der Waals surface area (Å²) in [5, 5.41) is 2.91. The molecular weight excluding hydrogens is 290 g/mol. The first-order valence-corrected chi connectivity index (χ1v) is 7.57. The molecule has 3 heteroatoms. The van der Waals surface area contributed by atoms with Crippen molar-refractivity contribution >= 4 is 27.5 Å². The minimum absolute atomic E-state index is 0.118. The smallest absolute Gasteiger partial charge is 0.224 e. The molecule has 0 heterocycles. The number of nitrogens with one attached hydrogen (secondary N) is 1. The van der Waals surface area contributed by atoms with Crippen molar-refractivity contribution in [1.82, 2.24) is 0 Å². The highest BCUT2D eigenvalue weighted by molar-refractivity contribution is 9.10. The number of halogens is 1. The summed E-state index contributed by atoms with van der Waals surface area (Å²) < 4.78 is 1.02. The Morgan fingerprint density at radius 3 is 2.33 bits per heavy atom. The van der Waals surface area contributed by atoms with Crippen molar-refractivity contribution in [2.75, 3.05) is 5.32 Å². The number of unbranched alkanes of at least 4 members (excludes halogenated alkanes) is 5. The van der Waals surface area contributed by atoms with Crippen LogP contribution in [0.2, 0.25) is 0 Å². The van der Waals surface area contributed by atoms with Crippen LogP contribution in [-0.2, 0) is 4.79 Å². The molecule has 1 amide bonds. The van der Waals surface area contributed by atoms with Crippen LogP contribution < -0.4 is 5.32 Å². The molecule has 0 saturated carbocycles. The van der Waals surface area contributed by atoms with Gasteiger partial charge in [-0.25, -0.2) is 0 Å². The standard InChI is InChI=1S/C15H22BrNO/c1-2-3-4-5-6-7-8-15(18)17-14-11-9-13(16)10-12-14/h9-12H,2-8H2,1H3,(H,17,18). The third-order valence-electron chi connectivity index (χ3n) is 2.89. The van der Waals surface area contributed by atoms with E-state index >= 15 is 0 Å². The lowest BCUT2D eigenvalue weighted by Crippen LogP contribution is -2.10. The molecule has 0 unspecified atom stereocenters. The highest BCUT2D eigenvalue weighted by Gasteiger charge is 2.01. The first kappa shape index (κ1) is 15.2. The van der Waals surface area contributed by atoms with Crippen molar-refractivity contribution < 1.29 is 4.79 Å². The van der Waals surface area contributed by atoms with E-state index < -0.39 is 0 Å². The predicted octanol–water partition coefficient (Wildman–Crippen LogP) is 5.14. The number of carbonyl (C=O) groups excluding carboxylic acids is 1. The zero-order chi connectivity index (χ0) is 13.2. The van der Waals surface area contributed by atoms with E-state index in [1.807, 2.05) is 24.3 Å². The molecule has 1 rings (SSSR count). The maximum absolute atomic E-state index is 11.7. The van der Waals surface area contributed by atoms with Crippen LogP contribution in [-0.4, -0.2) is 5.91 Å². The van der Waals surface area contributed by atoms with Gasteiger partial charge in [-0.05, 0) is 30.7 Å². The van der Waals surface area contributed by atoms with E-state index in [4.69, 9.17) is 0 Å². The number of rotatable bonds is 8. The Morgan fingerprint density at radius 1 is 1.06 bits per heavy atom. The molecule has 0 fully saturated rings. The third-order valence-corrected chi connectivity index (χ3v) is 3.41. The number of hydrogen-bond acceptors (Lipinski definition) is 1. The summed E-state index contributed by atoms with van der Waals surface area (Å²) in [6.07, 6.45) is 7.90. The number of amides is 1. The number of benzene rings is 1. The van der Waals surface area contributed by atoms with Gasteiger partial charge in [-0.1, -0.05) is 55.0 Å². The van der Waals surface area contributed by atoms with E-state index in [9.17, 15) is 4.79 Å². The van der Waals surface area contributed by atoms with Gasteiger partial charge >= 0.3 is 0 Å². The molecule has 2 nitrogen and oxygen atoms in total. The topological polar surface area (TPSA) is 29.1 Å². The van der Waals surface area contributed by atoms with Crippen LogP contribution in [0.25, 0.3) is 0 Å². The number of hydrogen-bond donors (Lipinski definition) is 1. The summed E-state index contributed by atoms with van der Waals surface area (Å²) in [6, 6.07) is 7.67. The van der Waals surface area contributed by atoms with E-state index in [-0.39, 0.29) is 5.91 Å². The Bertz CT molecular complexity index is 348. The molecular formula is C15H22BrNO. The summed E-state index contributed by atoms with van der Waals surface area (Å²) in [5.41, 5.74) is 0.870. The Kier molecular flexibility index (Phi) is 7.74. The Balaban J connectivity index is 2.12. The van der Waals surface area contributed by atoms with E-state index in [0.717, 1.165) is 23.0 Å². The van der Waals surface area contributed by atoms with Crippen molar-refractivity contribution in [2.45, 2.75) is 51.9 Å². The van der Waals surface area contributed by atoms with E-state index in [1.165, 1.54) is 25.7 Å². The van der Waals surface area contributed by atoms with Crippen molar-refractivity contribution in [3.8, 4) is 0 Å². The van der Waals surface area contributed by atoms with Crippen LogP contribution in [0, 0.1) is 0 Å². The van der Waals surface area contributed by atoms with Crippen LogP contribution in [0.15, 0.2) is 28.7 Å². The molecule has 0 bridgehead atoms. The lowest BCUT2D eigenvalue weighted by Gasteiger charge is -2.05. The van der Waals surface area contributed by atoms with Gasteiger partial charge in [0.15, 0.2) is 0 Å². The number of carbonyl (C=O) groups is 1. The third kappa shape index (κ3) is 6.80. The average molecular weight is 312 g/mol. The molecule has 0 spiro atoms. The summed E-state index contributed by atoms with van der Waals surface area (Å²) in [6.45, 7) is 2.21. The van der Waals surface area contributed by atoms with Gasteiger partial charge in [-0.15, -0.1) is 0 Å². The monoisotopic (exact) mass is 311 g/mol. The minimum Gasteiger partial charge on any atom is -0.326 e. The molecule has 1 aromatic rings. The van der Waals surface area contributed by atoms with E-state index in [0.29, 0.717) is 6.42 Å². The fourth-order valence-electron chi connectivity index (χ4n) is 1.82. The predicted molar refractivity (Wildman–Crippen MR) is 80.8 cm³/mol.